The van der Waals surface area contributed by atoms with Gasteiger partial charge >= 0.3 is 10.4 Å². The van der Waals surface area contributed by atoms with Crippen LogP contribution in [0.2, 0.25) is 0 Å². The second kappa shape index (κ2) is 7.47. The topological polar surface area (TPSA) is 170 Å². The van der Waals surface area contributed by atoms with Gasteiger partial charge in [0.2, 0.25) is 5.91 Å². The zero-order valence-electron chi connectivity index (χ0n) is 9.83. The highest BCUT2D eigenvalue weighted by atomic mass is 32.3. The predicted molar refractivity (Wildman–Crippen MR) is 59.2 cm³/mol. The Labute approximate surface area is 109 Å². The van der Waals surface area contributed by atoms with Gasteiger partial charge < -0.3 is 25.4 Å². The van der Waals surface area contributed by atoms with E-state index in [0.29, 0.717) is 0 Å². The molecule has 0 heterocycles. The molecule has 0 fully saturated rings. The van der Waals surface area contributed by atoms with E-state index in [-0.39, 0.29) is 6.29 Å². The highest BCUT2D eigenvalue weighted by Crippen LogP contribution is 2.09. The highest BCUT2D eigenvalue weighted by Gasteiger charge is 2.35. The molecule has 112 valence electrons. The third-order valence-corrected chi connectivity index (χ3v) is 2.53. The largest absolute Gasteiger partial charge is 0.397 e. The van der Waals surface area contributed by atoms with Gasteiger partial charge in [-0.3, -0.25) is 9.35 Å². The maximum atomic E-state index is 10.7. The molecule has 0 aromatic heterocycles. The average Bonchev–Trinajstić information content (AvgIpc) is 2.29. The van der Waals surface area contributed by atoms with Crippen LogP contribution in [-0.4, -0.2) is 71.4 Å². The van der Waals surface area contributed by atoms with Gasteiger partial charge in [0.1, 0.15) is 30.6 Å². The maximum absolute atomic E-state index is 10.7. The molecule has 0 saturated heterocycles. The molecule has 0 aliphatic carbocycles. The maximum Gasteiger partial charge on any atom is 0.397 e. The monoisotopic (exact) mass is 301 g/mol. The van der Waals surface area contributed by atoms with Crippen LogP contribution in [0.25, 0.3) is 0 Å². The number of hydrogen-bond donors (Lipinski definition) is 5. The van der Waals surface area contributed by atoms with Crippen LogP contribution in [0.3, 0.4) is 0 Å². The molecule has 0 saturated carbocycles. The van der Waals surface area contributed by atoms with E-state index in [0.717, 1.165) is 6.92 Å². The summed E-state index contributed by atoms with van der Waals surface area (Å²) in [5, 5.41) is 29.9. The fraction of sp³-hybridized carbons (Fsp3) is 0.750. The van der Waals surface area contributed by atoms with E-state index >= 15 is 0 Å². The summed E-state index contributed by atoms with van der Waals surface area (Å²) in [6, 6.07) is -1.54. The number of nitrogens with one attached hydrogen (secondary N) is 1. The Hall–Kier alpha value is -1.11. The van der Waals surface area contributed by atoms with Crippen LogP contribution in [0, 0.1) is 0 Å². The molecular weight excluding hydrogens is 286 g/mol. The third kappa shape index (κ3) is 6.56. The molecule has 10 nitrogen and oxygen atoms in total. The summed E-state index contributed by atoms with van der Waals surface area (Å²) in [5.74, 6) is -0.681. The van der Waals surface area contributed by atoms with E-state index in [1.807, 2.05) is 5.32 Å². The van der Waals surface area contributed by atoms with Gasteiger partial charge in [0.25, 0.3) is 0 Å². The van der Waals surface area contributed by atoms with Gasteiger partial charge in [-0.2, -0.15) is 8.42 Å². The van der Waals surface area contributed by atoms with Crippen molar-refractivity contribution in [2.45, 2.75) is 31.3 Å². The quantitative estimate of drug-likeness (QED) is 0.226. The van der Waals surface area contributed by atoms with E-state index in [1.54, 1.807) is 0 Å². The van der Waals surface area contributed by atoms with Crippen molar-refractivity contribution in [1.29, 1.82) is 0 Å². The predicted octanol–water partition coefficient (Wildman–Crippen LogP) is -3.41. The minimum Gasteiger partial charge on any atom is -0.394 e. The summed E-state index contributed by atoms with van der Waals surface area (Å²) in [5.41, 5.74) is 0. The van der Waals surface area contributed by atoms with Gasteiger partial charge in [-0.25, -0.2) is 4.18 Å². The van der Waals surface area contributed by atoms with Gasteiger partial charge in [-0.1, -0.05) is 0 Å². The van der Waals surface area contributed by atoms with Crippen molar-refractivity contribution in [3.63, 3.8) is 0 Å². The minimum atomic E-state index is -4.98. The standard InChI is InChI=1S/C8H15NO9S/c1-4(12)9-5(2-10)7(13)8(14)6(3-11)18-19(15,16)17/h2,5-8,11,13-14H,3H2,1H3,(H,9,12)(H,15,16,17)/t5-,6+,7+,8+/m0/s1. The van der Waals surface area contributed by atoms with Crippen LogP contribution in [-0.2, 0) is 24.2 Å². The van der Waals surface area contributed by atoms with Crippen molar-refractivity contribution in [3.8, 4) is 0 Å². The van der Waals surface area contributed by atoms with Crippen LogP contribution < -0.4 is 5.32 Å². The Morgan fingerprint density at radius 3 is 2.21 bits per heavy atom. The fourth-order valence-corrected chi connectivity index (χ4v) is 1.71. The van der Waals surface area contributed by atoms with Crippen molar-refractivity contribution < 1.29 is 42.1 Å². The van der Waals surface area contributed by atoms with Crippen molar-refractivity contribution in [2.24, 2.45) is 0 Å². The third-order valence-electron chi connectivity index (χ3n) is 2.04. The van der Waals surface area contributed by atoms with Gasteiger partial charge in [0.15, 0.2) is 0 Å². The number of aliphatic hydroxyl groups is 3. The zero-order chi connectivity index (χ0) is 15.2. The lowest BCUT2D eigenvalue weighted by Gasteiger charge is -2.27. The van der Waals surface area contributed by atoms with Gasteiger partial charge in [-0.05, 0) is 0 Å². The Kier molecular flexibility index (Phi) is 7.04. The van der Waals surface area contributed by atoms with Crippen molar-refractivity contribution in [1.82, 2.24) is 5.32 Å². The Morgan fingerprint density at radius 2 is 1.89 bits per heavy atom. The molecule has 0 aromatic carbocycles. The van der Waals surface area contributed by atoms with Crippen LogP contribution in [0.15, 0.2) is 0 Å². The van der Waals surface area contributed by atoms with E-state index in [9.17, 15) is 28.2 Å². The molecule has 0 aliphatic heterocycles. The van der Waals surface area contributed by atoms with Crippen LogP contribution in [0.5, 0.6) is 0 Å². The average molecular weight is 301 g/mol. The molecule has 5 N–H and O–H groups in total. The van der Waals surface area contributed by atoms with Crippen molar-refractivity contribution in [2.75, 3.05) is 6.61 Å². The number of aldehydes is 1. The van der Waals surface area contributed by atoms with Gasteiger partial charge in [-0.15, -0.1) is 0 Å². The lowest BCUT2D eigenvalue weighted by atomic mass is 10.0. The van der Waals surface area contributed by atoms with Crippen molar-refractivity contribution >= 4 is 22.6 Å². The second-order valence-corrected chi connectivity index (χ2v) is 4.64. The molecule has 0 rings (SSSR count). The number of amides is 1. The second-order valence-electron chi connectivity index (χ2n) is 3.59. The Balaban J connectivity index is 4.87. The number of carbonyl (C=O) groups excluding carboxylic acids is 2. The molecule has 0 aliphatic rings. The molecule has 0 bridgehead atoms. The van der Waals surface area contributed by atoms with E-state index in [4.69, 9.17) is 9.66 Å². The first-order valence-electron chi connectivity index (χ1n) is 4.97. The first-order valence-corrected chi connectivity index (χ1v) is 6.34. The zero-order valence-corrected chi connectivity index (χ0v) is 10.6. The minimum absolute atomic E-state index is 0.108. The van der Waals surface area contributed by atoms with Crippen LogP contribution in [0.1, 0.15) is 6.92 Å². The Bertz CT molecular complexity index is 408. The first kappa shape index (κ1) is 17.9. The molecule has 0 radical (unpaired) electrons. The summed E-state index contributed by atoms with van der Waals surface area (Å²) < 4.78 is 33.2. The molecule has 4 atom stereocenters. The highest BCUT2D eigenvalue weighted by molar-refractivity contribution is 7.80. The van der Waals surface area contributed by atoms with Gasteiger partial charge in [0.05, 0.1) is 6.61 Å². The molecule has 11 heteroatoms. The summed E-state index contributed by atoms with van der Waals surface area (Å²) in [4.78, 5) is 21.4. The molecule has 1 amide bonds. The summed E-state index contributed by atoms with van der Waals surface area (Å²) in [6.07, 6.45) is -5.78. The first-order chi connectivity index (χ1) is 8.62. The van der Waals surface area contributed by atoms with E-state index in [2.05, 4.69) is 4.18 Å². The van der Waals surface area contributed by atoms with E-state index in [1.165, 1.54) is 0 Å². The number of aliphatic hydroxyl groups excluding tert-OH is 3. The molecule has 0 aromatic rings. The molecule has 0 unspecified atom stereocenters. The van der Waals surface area contributed by atoms with Crippen LogP contribution >= 0.6 is 0 Å². The molecular formula is C8H15NO9S. The lowest BCUT2D eigenvalue weighted by molar-refractivity contribution is -0.128. The van der Waals surface area contributed by atoms with Crippen LogP contribution in [0.4, 0.5) is 0 Å². The summed E-state index contributed by atoms with van der Waals surface area (Å²) >= 11 is 0. The lowest BCUT2D eigenvalue weighted by Crippen LogP contribution is -2.53. The number of carbonyl (C=O) groups is 2. The summed E-state index contributed by atoms with van der Waals surface area (Å²) in [7, 11) is -4.98. The molecule has 19 heavy (non-hydrogen) atoms. The van der Waals surface area contributed by atoms with E-state index < -0.39 is 47.3 Å². The Morgan fingerprint density at radius 1 is 1.37 bits per heavy atom. The fourth-order valence-electron chi connectivity index (χ4n) is 1.22. The summed E-state index contributed by atoms with van der Waals surface area (Å²) in [6.45, 7) is -0.0164. The number of rotatable bonds is 8. The van der Waals surface area contributed by atoms with Gasteiger partial charge in [0, 0.05) is 6.92 Å². The smallest absolute Gasteiger partial charge is 0.394 e. The SMILES string of the molecule is CC(=O)N[C@@H](C=O)[C@@H](O)[C@H](O)[C@@H](CO)OS(=O)(=O)O. The normalized spacial score (nSPS) is 18.2. The molecule has 0 spiro atoms. The van der Waals surface area contributed by atoms with Crippen molar-refractivity contribution in [3.05, 3.63) is 0 Å². The number of hydrogen-bond acceptors (Lipinski definition) is 8.